The summed E-state index contributed by atoms with van der Waals surface area (Å²) < 4.78 is 13.5. The number of hydrogen-bond acceptors (Lipinski definition) is 4. The van der Waals surface area contributed by atoms with Crippen LogP contribution in [-0.2, 0) is 11.3 Å². The van der Waals surface area contributed by atoms with Gasteiger partial charge in [0.1, 0.15) is 5.82 Å². The molecule has 2 aromatic carbocycles. The van der Waals surface area contributed by atoms with E-state index in [1.807, 2.05) is 0 Å². The maximum absolute atomic E-state index is 13.0. The number of amides is 1. The van der Waals surface area contributed by atoms with Crippen LogP contribution in [0.4, 0.5) is 15.8 Å². The smallest absolute Gasteiger partial charge is 0.270 e. The molecule has 1 N–H and O–H groups in total. The summed E-state index contributed by atoms with van der Waals surface area (Å²) in [6.07, 6.45) is 2.07. The zero-order chi connectivity index (χ0) is 18.7. The maximum atomic E-state index is 13.0. The highest BCUT2D eigenvalue weighted by Crippen LogP contribution is 2.29. The molecule has 8 heteroatoms. The van der Waals surface area contributed by atoms with E-state index in [9.17, 15) is 19.3 Å². The maximum Gasteiger partial charge on any atom is 0.270 e. The van der Waals surface area contributed by atoms with E-state index in [0.717, 1.165) is 18.4 Å². The molecule has 0 aromatic heterocycles. The van der Waals surface area contributed by atoms with E-state index in [0.29, 0.717) is 22.7 Å². The molecule has 0 bridgehead atoms. The van der Waals surface area contributed by atoms with Gasteiger partial charge in [0.2, 0.25) is 5.91 Å². The van der Waals surface area contributed by atoms with E-state index in [1.54, 1.807) is 12.1 Å². The number of anilines is 1. The predicted octanol–water partition coefficient (Wildman–Crippen LogP) is 4.10. The highest BCUT2D eigenvalue weighted by Gasteiger charge is 2.30. The quantitative estimate of drug-likeness (QED) is 0.539. The topological polar surface area (TPSA) is 75.5 Å². The first kappa shape index (κ1) is 18.5. The number of nitrogens with one attached hydrogen (secondary N) is 1. The van der Waals surface area contributed by atoms with Crippen LogP contribution >= 0.6 is 15.9 Å². The van der Waals surface area contributed by atoms with Gasteiger partial charge in [0.15, 0.2) is 0 Å². The first-order chi connectivity index (χ1) is 12.4. The van der Waals surface area contributed by atoms with Crippen LogP contribution in [0.5, 0.6) is 0 Å². The van der Waals surface area contributed by atoms with Crippen LogP contribution in [0, 0.1) is 15.9 Å². The summed E-state index contributed by atoms with van der Waals surface area (Å²) >= 11 is 3.24. The van der Waals surface area contributed by atoms with Gasteiger partial charge in [-0.1, -0.05) is 12.1 Å². The Kier molecular flexibility index (Phi) is 5.63. The van der Waals surface area contributed by atoms with Gasteiger partial charge in [0.05, 0.1) is 17.2 Å². The van der Waals surface area contributed by atoms with Crippen molar-refractivity contribution >= 4 is 33.2 Å². The lowest BCUT2D eigenvalue weighted by molar-refractivity contribution is -0.384. The number of nitro groups is 1. The molecule has 1 aliphatic carbocycles. The summed E-state index contributed by atoms with van der Waals surface area (Å²) in [6, 6.07) is 10.8. The SMILES string of the molecule is O=C(CN(Cc1ccc(F)cc1)C1CC1)Nc1ccc([N+](=O)[O-])cc1Br. The second-order valence-corrected chi connectivity index (χ2v) is 7.09. The molecule has 0 unspecified atom stereocenters. The highest BCUT2D eigenvalue weighted by atomic mass is 79.9. The molecule has 2 aromatic rings. The molecule has 136 valence electrons. The molecule has 3 rings (SSSR count). The molecule has 0 aliphatic heterocycles. The van der Waals surface area contributed by atoms with E-state index in [2.05, 4.69) is 26.1 Å². The van der Waals surface area contributed by atoms with Crippen molar-refractivity contribution in [1.82, 2.24) is 4.90 Å². The van der Waals surface area contributed by atoms with Gasteiger partial charge < -0.3 is 5.32 Å². The lowest BCUT2D eigenvalue weighted by atomic mass is 10.2. The zero-order valence-electron chi connectivity index (χ0n) is 13.8. The third-order valence-corrected chi connectivity index (χ3v) is 4.80. The van der Waals surface area contributed by atoms with Crippen molar-refractivity contribution < 1.29 is 14.1 Å². The Labute approximate surface area is 158 Å². The molecule has 6 nitrogen and oxygen atoms in total. The first-order valence-corrected chi connectivity index (χ1v) is 8.94. The summed E-state index contributed by atoms with van der Waals surface area (Å²) in [4.78, 5) is 24.7. The van der Waals surface area contributed by atoms with Crippen LogP contribution in [0.3, 0.4) is 0 Å². The molecule has 1 fully saturated rings. The van der Waals surface area contributed by atoms with Crippen LogP contribution in [-0.4, -0.2) is 28.3 Å². The number of benzene rings is 2. The number of carbonyl (C=O) groups excluding carboxylic acids is 1. The molecular formula is C18H17BrFN3O3. The fraction of sp³-hybridized carbons (Fsp3) is 0.278. The summed E-state index contributed by atoms with van der Waals surface area (Å²) in [5.74, 6) is -0.485. The minimum Gasteiger partial charge on any atom is -0.324 e. The standard InChI is InChI=1S/C18H17BrFN3O3/c19-16-9-15(23(25)26)7-8-17(16)21-18(24)11-22(14-5-6-14)10-12-1-3-13(20)4-2-12/h1-4,7-9,14H,5-6,10-11H2,(H,21,24). The number of hydrogen-bond donors (Lipinski definition) is 1. The minimum atomic E-state index is -0.492. The number of rotatable bonds is 7. The van der Waals surface area contributed by atoms with Gasteiger partial charge >= 0.3 is 0 Å². The van der Waals surface area contributed by atoms with Crippen LogP contribution in [0.15, 0.2) is 46.9 Å². The van der Waals surface area contributed by atoms with Crippen LogP contribution in [0.2, 0.25) is 0 Å². The Bertz CT molecular complexity index is 825. The third-order valence-electron chi connectivity index (χ3n) is 4.15. The second-order valence-electron chi connectivity index (χ2n) is 6.23. The van der Waals surface area contributed by atoms with Gasteiger partial charge in [-0.3, -0.25) is 19.8 Å². The summed E-state index contributed by atoms with van der Waals surface area (Å²) in [6.45, 7) is 0.769. The normalized spacial score (nSPS) is 13.7. The molecule has 0 spiro atoms. The predicted molar refractivity (Wildman–Crippen MR) is 99.3 cm³/mol. The largest absolute Gasteiger partial charge is 0.324 e. The van der Waals surface area contributed by atoms with Gasteiger partial charge in [-0.05, 0) is 52.5 Å². The van der Waals surface area contributed by atoms with Crippen molar-refractivity contribution in [1.29, 1.82) is 0 Å². The monoisotopic (exact) mass is 421 g/mol. The fourth-order valence-corrected chi connectivity index (χ4v) is 3.14. The Morgan fingerprint density at radius 2 is 1.96 bits per heavy atom. The Balaban J connectivity index is 1.63. The molecule has 1 saturated carbocycles. The number of non-ortho nitro benzene ring substituents is 1. The van der Waals surface area contributed by atoms with E-state index in [1.165, 1.54) is 30.3 Å². The second kappa shape index (κ2) is 7.92. The lowest BCUT2D eigenvalue weighted by Crippen LogP contribution is -2.34. The third kappa shape index (κ3) is 4.86. The first-order valence-electron chi connectivity index (χ1n) is 8.14. The lowest BCUT2D eigenvalue weighted by Gasteiger charge is -2.21. The minimum absolute atomic E-state index is 0.0502. The molecule has 0 heterocycles. The van der Waals surface area contributed by atoms with Crippen molar-refractivity contribution in [3.05, 3.63) is 68.4 Å². The summed E-state index contributed by atoms with van der Waals surface area (Å²) in [5.41, 5.74) is 1.38. The van der Waals surface area contributed by atoms with Crippen molar-refractivity contribution in [2.45, 2.75) is 25.4 Å². The van der Waals surface area contributed by atoms with Crippen LogP contribution in [0.1, 0.15) is 18.4 Å². The van der Waals surface area contributed by atoms with Gasteiger partial charge in [-0.15, -0.1) is 0 Å². The molecule has 26 heavy (non-hydrogen) atoms. The number of nitro benzene ring substituents is 1. The number of halogens is 2. The molecule has 1 amide bonds. The number of carbonyl (C=O) groups is 1. The fourth-order valence-electron chi connectivity index (χ4n) is 2.67. The van der Waals surface area contributed by atoms with Crippen molar-refractivity contribution in [2.75, 3.05) is 11.9 Å². The van der Waals surface area contributed by atoms with E-state index < -0.39 is 4.92 Å². The molecule has 0 radical (unpaired) electrons. The average Bonchev–Trinajstić information content (AvgIpc) is 3.43. The summed E-state index contributed by atoms with van der Waals surface area (Å²) in [7, 11) is 0. The average molecular weight is 422 g/mol. The van der Waals surface area contributed by atoms with Crippen LogP contribution in [0.25, 0.3) is 0 Å². The van der Waals surface area contributed by atoms with Gasteiger partial charge in [-0.2, -0.15) is 0 Å². The van der Waals surface area contributed by atoms with Gasteiger partial charge in [0, 0.05) is 29.2 Å². The van der Waals surface area contributed by atoms with Crippen molar-refractivity contribution in [2.24, 2.45) is 0 Å². The van der Waals surface area contributed by atoms with E-state index in [4.69, 9.17) is 0 Å². The van der Waals surface area contributed by atoms with Crippen molar-refractivity contribution in [3.8, 4) is 0 Å². The van der Waals surface area contributed by atoms with E-state index in [-0.39, 0.29) is 24.0 Å². The molecular weight excluding hydrogens is 405 g/mol. The molecule has 0 saturated heterocycles. The molecule has 1 aliphatic rings. The highest BCUT2D eigenvalue weighted by molar-refractivity contribution is 9.10. The van der Waals surface area contributed by atoms with Gasteiger partial charge in [-0.25, -0.2) is 4.39 Å². The summed E-state index contributed by atoms with van der Waals surface area (Å²) in [5, 5.41) is 13.6. The number of nitrogens with zero attached hydrogens (tertiary/aromatic N) is 2. The van der Waals surface area contributed by atoms with Crippen LogP contribution < -0.4 is 5.32 Å². The zero-order valence-corrected chi connectivity index (χ0v) is 15.4. The Morgan fingerprint density at radius 3 is 2.54 bits per heavy atom. The van der Waals surface area contributed by atoms with Crippen molar-refractivity contribution in [3.63, 3.8) is 0 Å². The van der Waals surface area contributed by atoms with Gasteiger partial charge in [0.25, 0.3) is 5.69 Å². The Morgan fingerprint density at radius 1 is 1.27 bits per heavy atom. The Hall–Kier alpha value is -2.32. The van der Waals surface area contributed by atoms with E-state index >= 15 is 0 Å². The molecule has 0 atom stereocenters.